The monoisotopic (exact) mass is 453 g/mol. The van der Waals surface area contributed by atoms with Gasteiger partial charge in [-0.15, -0.1) is 0 Å². The molecular formula is C24H27N3O4S. The molecule has 1 amide bonds. The summed E-state index contributed by atoms with van der Waals surface area (Å²) in [6, 6.07) is 17.5. The topological polar surface area (TPSA) is 93.9 Å². The van der Waals surface area contributed by atoms with Crippen LogP contribution in [0.1, 0.15) is 18.4 Å². The largest absolute Gasteiger partial charge is 0.482 e. The predicted octanol–water partition coefficient (Wildman–Crippen LogP) is 2.97. The third kappa shape index (κ3) is 4.76. The molecule has 0 bridgehead atoms. The quantitative estimate of drug-likeness (QED) is 0.623. The molecule has 1 fully saturated rings. The fourth-order valence-corrected chi connectivity index (χ4v) is 5.61. The number of benzene rings is 2. The Morgan fingerprint density at radius 2 is 1.78 bits per heavy atom. The van der Waals surface area contributed by atoms with E-state index in [-0.39, 0.29) is 12.0 Å². The van der Waals surface area contributed by atoms with Crippen LogP contribution in [0.2, 0.25) is 0 Å². The van der Waals surface area contributed by atoms with Crippen LogP contribution in [0.15, 0.2) is 59.5 Å². The number of nitrogens with two attached hydrogens (primary N) is 1. The molecule has 2 aromatic carbocycles. The fraction of sp³-hybridized carbons (Fsp3) is 0.333. The molecule has 2 aliphatic rings. The molecule has 4 rings (SSSR count). The van der Waals surface area contributed by atoms with Crippen LogP contribution in [0.5, 0.6) is 5.75 Å². The summed E-state index contributed by atoms with van der Waals surface area (Å²) in [5, 5.41) is 3.48. The summed E-state index contributed by atoms with van der Waals surface area (Å²) in [6.07, 6.45) is 2.06. The van der Waals surface area contributed by atoms with Gasteiger partial charge < -0.3 is 25.4 Å². The third-order valence-electron chi connectivity index (χ3n) is 5.71. The molecule has 3 N–H and O–H groups in total. The van der Waals surface area contributed by atoms with Gasteiger partial charge in [-0.25, -0.2) is 4.79 Å². The number of hydrogen-bond acceptors (Lipinski definition) is 7. The van der Waals surface area contributed by atoms with Gasteiger partial charge in [0, 0.05) is 5.69 Å². The Morgan fingerprint density at radius 1 is 1.09 bits per heavy atom. The number of anilines is 1. The van der Waals surface area contributed by atoms with E-state index in [1.54, 1.807) is 11.8 Å². The average molecular weight is 454 g/mol. The number of methoxy groups -OCH3 is 1. The highest BCUT2D eigenvalue weighted by Gasteiger charge is 2.41. The van der Waals surface area contributed by atoms with Crippen LogP contribution in [-0.4, -0.2) is 44.1 Å². The molecule has 32 heavy (non-hydrogen) atoms. The van der Waals surface area contributed by atoms with Crippen molar-refractivity contribution in [3.8, 4) is 5.75 Å². The molecule has 2 aliphatic heterocycles. The lowest BCUT2D eigenvalue weighted by Crippen LogP contribution is -2.40. The zero-order chi connectivity index (χ0) is 22.5. The molecule has 2 aromatic rings. The van der Waals surface area contributed by atoms with Crippen LogP contribution in [0.25, 0.3) is 5.70 Å². The minimum Gasteiger partial charge on any atom is -0.482 e. The maximum Gasteiger partial charge on any atom is 0.343 e. The van der Waals surface area contributed by atoms with E-state index in [0.717, 1.165) is 42.9 Å². The maximum atomic E-state index is 12.5. The molecule has 1 unspecified atom stereocenters. The summed E-state index contributed by atoms with van der Waals surface area (Å²) in [6.45, 7) is 1.78. The SMILES string of the molecule is COC(=O)COc1ccc(N2C(c3ccccc3)=C(C(N)=O)SC2C2CCNCC2)cc1. The third-order valence-corrected chi connectivity index (χ3v) is 7.17. The van der Waals surface area contributed by atoms with Gasteiger partial charge in [-0.2, -0.15) is 0 Å². The summed E-state index contributed by atoms with van der Waals surface area (Å²) in [7, 11) is 1.33. The number of nitrogens with one attached hydrogen (secondary N) is 1. The molecular weight excluding hydrogens is 426 g/mol. The Balaban J connectivity index is 1.71. The smallest absolute Gasteiger partial charge is 0.343 e. The van der Waals surface area contributed by atoms with E-state index in [1.165, 1.54) is 7.11 Å². The van der Waals surface area contributed by atoms with E-state index in [2.05, 4.69) is 15.0 Å². The zero-order valence-electron chi connectivity index (χ0n) is 18.0. The molecule has 0 saturated carbocycles. The lowest BCUT2D eigenvalue weighted by molar-refractivity contribution is -0.142. The van der Waals surface area contributed by atoms with Crippen molar-refractivity contribution in [2.24, 2.45) is 11.7 Å². The Labute approximate surface area is 191 Å². The van der Waals surface area contributed by atoms with Gasteiger partial charge in [0.05, 0.1) is 23.1 Å². The van der Waals surface area contributed by atoms with Crippen LogP contribution in [-0.2, 0) is 14.3 Å². The first kappa shape index (κ1) is 22.2. The second kappa shape index (κ2) is 10.1. The van der Waals surface area contributed by atoms with Crippen LogP contribution < -0.4 is 20.7 Å². The van der Waals surface area contributed by atoms with Gasteiger partial charge in [0.1, 0.15) is 5.75 Å². The van der Waals surface area contributed by atoms with Gasteiger partial charge in [-0.1, -0.05) is 42.1 Å². The van der Waals surface area contributed by atoms with Crippen LogP contribution in [0.3, 0.4) is 0 Å². The number of thioether (sulfide) groups is 1. The molecule has 1 atom stereocenters. The first-order chi connectivity index (χ1) is 15.6. The second-order valence-corrected chi connectivity index (χ2v) is 8.86. The van der Waals surface area contributed by atoms with Gasteiger partial charge in [0.2, 0.25) is 0 Å². The first-order valence-corrected chi connectivity index (χ1v) is 11.5. The number of nitrogens with zero attached hydrogens (tertiary/aromatic N) is 1. The number of primary amides is 1. The summed E-state index contributed by atoms with van der Waals surface area (Å²) in [5.74, 6) is 0.140. The Kier molecular flexibility index (Phi) is 7.02. The van der Waals surface area contributed by atoms with E-state index in [0.29, 0.717) is 16.6 Å². The predicted molar refractivity (Wildman–Crippen MR) is 126 cm³/mol. The number of hydrogen-bond donors (Lipinski definition) is 2. The number of piperidine rings is 1. The Morgan fingerprint density at radius 3 is 2.41 bits per heavy atom. The number of carbonyl (C=O) groups is 2. The molecule has 0 aliphatic carbocycles. The summed E-state index contributed by atoms with van der Waals surface area (Å²) in [5.41, 5.74) is 8.59. The van der Waals surface area contributed by atoms with Crippen molar-refractivity contribution >= 4 is 35.0 Å². The van der Waals surface area contributed by atoms with E-state index >= 15 is 0 Å². The minimum atomic E-state index is -0.434. The van der Waals surface area contributed by atoms with Gasteiger partial charge in [0.25, 0.3) is 5.91 Å². The van der Waals surface area contributed by atoms with Crippen molar-refractivity contribution in [3.05, 3.63) is 65.1 Å². The van der Waals surface area contributed by atoms with Gasteiger partial charge in [-0.05, 0) is 61.7 Å². The summed E-state index contributed by atoms with van der Waals surface area (Å²) < 4.78 is 10.1. The molecule has 1 saturated heterocycles. The summed E-state index contributed by atoms with van der Waals surface area (Å²) >= 11 is 1.56. The van der Waals surface area contributed by atoms with E-state index in [1.807, 2.05) is 54.6 Å². The maximum absolute atomic E-state index is 12.5. The number of amides is 1. The lowest BCUT2D eigenvalue weighted by atomic mass is 9.96. The Hall–Kier alpha value is -2.97. The van der Waals surface area contributed by atoms with Crippen LogP contribution in [0, 0.1) is 5.92 Å². The van der Waals surface area contributed by atoms with Gasteiger partial charge >= 0.3 is 5.97 Å². The first-order valence-electron chi connectivity index (χ1n) is 10.6. The zero-order valence-corrected chi connectivity index (χ0v) is 18.8. The molecule has 2 heterocycles. The molecule has 7 nitrogen and oxygen atoms in total. The number of esters is 1. The van der Waals surface area contributed by atoms with E-state index < -0.39 is 11.9 Å². The average Bonchev–Trinajstić information content (AvgIpc) is 3.25. The van der Waals surface area contributed by atoms with E-state index in [9.17, 15) is 9.59 Å². The molecule has 0 spiro atoms. The lowest BCUT2D eigenvalue weighted by Gasteiger charge is -2.36. The fourth-order valence-electron chi connectivity index (χ4n) is 4.12. The van der Waals surface area contributed by atoms with Crippen molar-refractivity contribution in [3.63, 3.8) is 0 Å². The van der Waals surface area contributed by atoms with Crippen molar-refractivity contribution in [1.29, 1.82) is 0 Å². The van der Waals surface area contributed by atoms with Gasteiger partial charge in [-0.3, -0.25) is 4.79 Å². The minimum absolute atomic E-state index is 0.0663. The van der Waals surface area contributed by atoms with Crippen molar-refractivity contribution < 1.29 is 19.1 Å². The molecule has 8 heteroatoms. The van der Waals surface area contributed by atoms with Crippen LogP contribution >= 0.6 is 11.8 Å². The van der Waals surface area contributed by atoms with Gasteiger partial charge in [0.15, 0.2) is 6.61 Å². The normalized spacial score (nSPS) is 19.2. The highest BCUT2D eigenvalue weighted by atomic mass is 32.2. The van der Waals surface area contributed by atoms with Crippen molar-refractivity contribution in [2.75, 3.05) is 31.7 Å². The van der Waals surface area contributed by atoms with E-state index in [4.69, 9.17) is 10.5 Å². The molecule has 0 radical (unpaired) electrons. The number of ether oxygens (including phenoxy) is 2. The standard InChI is InChI=1S/C24H27N3O4S/c1-30-20(28)15-31-19-9-7-18(8-10-19)27-21(16-5-3-2-4-6-16)22(23(25)29)32-24(27)17-11-13-26-14-12-17/h2-10,17,24,26H,11-15H2,1H3,(H2,25,29). The highest BCUT2D eigenvalue weighted by Crippen LogP contribution is 2.49. The van der Waals surface area contributed by atoms with Crippen LogP contribution in [0.4, 0.5) is 5.69 Å². The Bertz CT molecular complexity index is 988. The summed E-state index contributed by atoms with van der Waals surface area (Å²) in [4.78, 5) is 26.7. The number of rotatable bonds is 7. The number of carbonyl (C=O) groups excluding carboxylic acids is 2. The molecule has 168 valence electrons. The highest BCUT2D eigenvalue weighted by molar-refractivity contribution is 8.05. The second-order valence-electron chi connectivity index (χ2n) is 7.73. The van der Waals surface area contributed by atoms with Crippen molar-refractivity contribution in [2.45, 2.75) is 18.2 Å². The molecule has 0 aromatic heterocycles. The van der Waals surface area contributed by atoms with Crippen molar-refractivity contribution in [1.82, 2.24) is 5.32 Å².